The largest absolute Gasteiger partial charge is 0.320 e. The van der Waals surface area contributed by atoms with Crippen LogP contribution < -0.4 is 5.32 Å². The Morgan fingerprint density at radius 2 is 2.11 bits per heavy atom. The van der Waals surface area contributed by atoms with Crippen LogP contribution in [0.25, 0.3) is 0 Å². The SMILES string of the molecule is CNCCCCCN=O. The van der Waals surface area contributed by atoms with E-state index in [4.69, 9.17) is 0 Å². The van der Waals surface area contributed by atoms with E-state index in [0.717, 1.165) is 25.8 Å². The van der Waals surface area contributed by atoms with Crippen LogP contribution in [-0.4, -0.2) is 20.1 Å². The number of hydrogen-bond donors (Lipinski definition) is 1. The first-order chi connectivity index (χ1) is 4.41. The molecule has 0 aromatic heterocycles. The Bertz CT molecular complexity index is 66.1. The summed E-state index contributed by atoms with van der Waals surface area (Å²) in [6, 6.07) is 0. The van der Waals surface area contributed by atoms with Gasteiger partial charge in [0.2, 0.25) is 0 Å². The summed E-state index contributed by atoms with van der Waals surface area (Å²) >= 11 is 0. The smallest absolute Gasteiger partial charge is 0.0811 e. The standard InChI is InChI=1S/C6H14N2O/c1-7-5-3-2-4-6-8-9/h7H,2-6H2,1H3. The fourth-order valence-electron chi connectivity index (χ4n) is 0.655. The highest BCUT2D eigenvalue weighted by Crippen LogP contribution is 1.92. The Balaban J connectivity index is 2.66. The summed E-state index contributed by atoms with van der Waals surface area (Å²) in [6.45, 7) is 1.52. The van der Waals surface area contributed by atoms with Gasteiger partial charge in [-0.05, 0) is 26.4 Å². The molecular formula is C6H14N2O. The summed E-state index contributed by atoms with van der Waals surface area (Å²) in [5.41, 5.74) is 0. The molecule has 0 saturated carbocycles. The van der Waals surface area contributed by atoms with Crippen molar-refractivity contribution in [3.05, 3.63) is 4.91 Å². The van der Waals surface area contributed by atoms with E-state index in [1.165, 1.54) is 0 Å². The first kappa shape index (κ1) is 8.56. The summed E-state index contributed by atoms with van der Waals surface area (Å²) < 4.78 is 0. The first-order valence-corrected chi connectivity index (χ1v) is 3.35. The van der Waals surface area contributed by atoms with Gasteiger partial charge in [0.1, 0.15) is 0 Å². The third kappa shape index (κ3) is 7.56. The molecule has 0 aliphatic carbocycles. The lowest BCUT2D eigenvalue weighted by Gasteiger charge is -1.94. The second-order valence-corrected chi connectivity index (χ2v) is 2.02. The molecule has 0 unspecified atom stereocenters. The monoisotopic (exact) mass is 130 g/mol. The maximum atomic E-state index is 9.57. The average Bonchev–Trinajstić information content (AvgIpc) is 1.89. The van der Waals surface area contributed by atoms with Crippen molar-refractivity contribution in [2.75, 3.05) is 20.1 Å². The topological polar surface area (TPSA) is 41.5 Å². The molecule has 0 radical (unpaired) electrons. The highest BCUT2D eigenvalue weighted by molar-refractivity contribution is 4.46. The van der Waals surface area contributed by atoms with Crippen molar-refractivity contribution >= 4 is 0 Å². The molecule has 0 spiro atoms. The second-order valence-electron chi connectivity index (χ2n) is 2.02. The second kappa shape index (κ2) is 7.56. The zero-order valence-electron chi connectivity index (χ0n) is 5.89. The number of rotatable bonds is 6. The van der Waals surface area contributed by atoms with Crippen LogP contribution in [0.2, 0.25) is 0 Å². The first-order valence-electron chi connectivity index (χ1n) is 3.35. The Kier molecular flexibility index (Phi) is 7.19. The van der Waals surface area contributed by atoms with Crippen LogP contribution in [0.5, 0.6) is 0 Å². The van der Waals surface area contributed by atoms with E-state index in [9.17, 15) is 4.91 Å². The van der Waals surface area contributed by atoms with Crippen molar-refractivity contribution < 1.29 is 0 Å². The molecule has 0 aromatic carbocycles. The molecule has 54 valence electrons. The maximum absolute atomic E-state index is 9.57. The minimum Gasteiger partial charge on any atom is -0.320 e. The van der Waals surface area contributed by atoms with E-state index in [2.05, 4.69) is 10.5 Å². The van der Waals surface area contributed by atoms with E-state index in [-0.39, 0.29) is 0 Å². The Morgan fingerprint density at radius 3 is 2.67 bits per heavy atom. The van der Waals surface area contributed by atoms with Crippen LogP contribution in [-0.2, 0) is 0 Å². The number of unbranched alkanes of at least 4 members (excludes halogenated alkanes) is 2. The van der Waals surface area contributed by atoms with Crippen LogP contribution in [0, 0.1) is 4.91 Å². The van der Waals surface area contributed by atoms with Gasteiger partial charge in [-0.25, -0.2) is 0 Å². The Hall–Kier alpha value is -0.440. The lowest BCUT2D eigenvalue weighted by atomic mass is 10.2. The van der Waals surface area contributed by atoms with Crippen LogP contribution in [0.3, 0.4) is 0 Å². The molecular weight excluding hydrogens is 116 g/mol. The quantitative estimate of drug-likeness (QED) is 0.432. The zero-order valence-corrected chi connectivity index (χ0v) is 5.89. The summed E-state index contributed by atoms with van der Waals surface area (Å²) in [5, 5.41) is 5.80. The fraction of sp³-hybridized carbons (Fsp3) is 1.00. The van der Waals surface area contributed by atoms with Crippen molar-refractivity contribution in [2.24, 2.45) is 5.18 Å². The third-order valence-corrected chi connectivity index (χ3v) is 1.18. The van der Waals surface area contributed by atoms with Crippen LogP contribution in [0.4, 0.5) is 0 Å². The predicted octanol–water partition coefficient (Wildman–Crippen LogP) is 1.14. The lowest BCUT2D eigenvalue weighted by molar-refractivity contribution is 0.648. The zero-order chi connectivity index (χ0) is 6.95. The predicted molar refractivity (Wildman–Crippen MR) is 38.4 cm³/mol. The van der Waals surface area contributed by atoms with Crippen molar-refractivity contribution in [1.82, 2.24) is 5.32 Å². The Morgan fingerprint density at radius 1 is 1.33 bits per heavy atom. The molecule has 0 atom stereocenters. The number of nitrogens with one attached hydrogen (secondary N) is 1. The van der Waals surface area contributed by atoms with Crippen LogP contribution in [0.15, 0.2) is 5.18 Å². The van der Waals surface area contributed by atoms with Gasteiger partial charge in [-0.3, -0.25) is 0 Å². The highest BCUT2D eigenvalue weighted by atomic mass is 16.3. The molecule has 0 amide bonds. The molecule has 0 rings (SSSR count). The van der Waals surface area contributed by atoms with E-state index in [1.807, 2.05) is 7.05 Å². The van der Waals surface area contributed by atoms with Crippen molar-refractivity contribution in [3.63, 3.8) is 0 Å². The van der Waals surface area contributed by atoms with Gasteiger partial charge in [-0.1, -0.05) is 11.6 Å². The molecule has 0 aliphatic rings. The van der Waals surface area contributed by atoms with Gasteiger partial charge in [0, 0.05) is 0 Å². The minimum atomic E-state index is 0.476. The molecule has 0 aromatic rings. The van der Waals surface area contributed by atoms with Gasteiger partial charge >= 0.3 is 0 Å². The summed E-state index contributed by atoms with van der Waals surface area (Å²) in [7, 11) is 1.93. The van der Waals surface area contributed by atoms with Crippen LogP contribution in [0.1, 0.15) is 19.3 Å². The molecule has 0 aliphatic heterocycles. The molecule has 3 heteroatoms. The molecule has 0 fully saturated rings. The number of nitroso groups, excluding NO2 is 1. The van der Waals surface area contributed by atoms with E-state index in [1.54, 1.807) is 0 Å². The van der Waals surface area contributed by atoms with Crippen molar-refractivity contribution in [1.29, 1.82) is 0 Å². The third-order valence-electron chi connectivity index (χ3n) is 1.18. The maximum Gasteiger partial charge on any atom is 0.0811 e. The van der Waals surface area contributed by atoms with Crippen molar-refractivity contribution in [3.8, 4) is 0 Å². The molecule has 0 saturated heterocycles. The average molecular weight is 130 g/mol. The van der Waals surface area contributed by atoms with Gasteiger partial charge in [0.25, 0.3) is 0 Å². The summed E-state index contributed by atoms with van der Waals surface area (Å²) in [5.74, 6) is 0. The fourth-order valence-corrected chi connectivity index (χ4v) is 0.655. The summed E-state index contributed by atoms with van der Waals surface area (Å²) in [4.78, 5) is 9.57. The molecule has 3 nitrogen and oxygen atoms in total. The van der Waals surface area contributed by atoms with E-state index < -0.39 is 0 Å². The molecule has 0 bridgehead atoms. The Labute approximate surface area is 55.8 Å². The normalized spacial score (nSPS) is 9.44. The highest BCUT2D eigenvalue weighted by Gasteiger charge is 1.85. The summed E-state index contributed by atoms with van der Waals surface area (Å²) in [6.07, 6.45) is 3.18. The van der Waals surface area contributed by atoms with Gasteiger partial charge in [0.15, 0.2) is 0 Å². The lowest BCUT2D eigenvalue weighted by Crippen LogP contribution is -2.07. The van der Waals surface area contributed by atoms with Gasteiger partial charge in [-0.15, -0.1) is 0 Å². The van der Waals surface area contributed by atoms with Gasteiger partial charge in [0.05, 0.1) is 6.54 Å². The van der Waals surface area contributed by atoms with Gasteiger partial charge in [-0.2, -0.15) is 4.91 Å². The van der Waals surface area contributed by atoms with E-state index in [0.29, 0.717) is 6.54 Å². The molecule has 0 heterocycles. The minimum absolute atomic E-state index is 0.476. The van der Waals surface area contributed by atoms with Crippen LogP contribution >= 0.6 is 0 Å². The van der Waals surface area contributed by atoms with Gasteiger partial charge < -0.3 is 5.32 Å². The van der Waals surface area contributed by atoms with E-state index >= 15 is 0 Å². The van der Waals surface area contributed by atoms with Crippen molar-refractivity contribution in [2.45, 2.75) is 19.3 Å². The number of hydrogen-bond acceptors (Lipinski definition) is 3. The number of nitrogens with zero attached hydrogens (tertiary/aromatic N) is 1. The molecule has 9 heavy (non-hydrogen) atoms. The molecule has 1 N–H and O–H groups in total.